The fourth-order valence-corrected chi connectivity index (χ4v) is 3.18. The van der Waals surface area contributed by atoms with E-state index in [-0.39, 0.29) is 23.5 Å². The molecule has 1 aliphatic heterocycles. The van der Waals surface area contributed by atoms with E-state index < -0.39 is 0 Å². The lowest BCUT2D eigenvalue weighted by Crippen LogP contribution is -2.39. The molecule has 0 unspecified atom stereocenters. The van der Waals surface area contributed by atoms with Crippen molar-refractivity contribution in [3.8, 4) is 0 Å². The number of imidazole rings is 1. The molecule has 1 saturated heterocycles. The second kappa shape index (κ2) is 5.70. The molecule has 0 saturated carbocycles. The molecule has 1 aliphatic rings. The highest BCUT2D eigenvalue weighted by molar-refractivity contribution is 5.93. The number of nitrogens with zero attached hydrogens (tertiary/aromatic N) is 4. The van der Waals surface area contributed by atoms with Crippen LogP contribution in [-0.2, 0) is 0 Å². The van der Waals surface area contributed by atoms with Gasteiger partial charge in [-0.3, -0.25) is 4.79 Å². The Morgan fingerprint density at radius 1 is 1.38 bits per heavy atom. The minimum absolute atomic E-state index is 0.196. The lowest BCUT2D eigenvalue weighted by Gasteiger charge is -2.34. The Bertz CT molecular complexity index is 903. The SMILES string of the molecule is Cc1nonc1C(=O)N1CCCC[C@@H]1c1nc2ccc(F)cc2[nH]1. The third-order valence-electron chi connectivity index (χ3n) is 4.40. The molecule has 1 aromatic carbocycles. The number of benzene rings is 1. The fourth-order valence-electron chi connectivity index (χ4n) is 3.18. The van der Waals surface area contributed by atoms with Crippen LogP contribution < -0.4 is 0 Å². The molecule has 1 fully saturated rings. The van der Waals surface area contributed by atoms with Gasteiger partial charge in [-0.2, -0.15) is 0 Å². The standard InChI is InChI=1S/C16H16FN5O2/c1-9-14(21-24-20-9)16(23)22-7-3-2-4-13(22)15-18-11-6-5-10(17)8-12(11)19-15/h5-6,8,13H,2-4,7H2,1H3,(H,18,19)/t13-/m1/s1. The van der Waals surface area contributed by atoms with E-state index in [9.17, 15) is 9.18 Å². The number of fused-ring (bicyclic) bond motifs is 1. The van der Waals surface area contributed by atoms with Crippen LogP contribution in [0.2, 0.25) is 0 Å². The molecule has 0 radical (unpaired) electrons. The van der Waals surface area contributed by atoms with E-state index in [1.165, 1.54) is 12.1 Å². The number of rotatable bonds is 2. The molecule has 124 valence electrons. The first kappa shape index (κ1) is 14.8. The molecule has 1 atom stereocenters. The summed E-state index contributed by atoms with van der Waals surface area (Å²) in [5.41, 5.74) is 2.01. The van der Waals surface area contributed by atoms with Crippen LogP contribution in [0.3, 0.4) is 0 Å². The number of nitrogens with one attached hydrogen (secondary N) is 1. The van der Waals surface area contributed by atoms with Crippen LogP contribution in [0.5, 0.6) is 0 Å². The highest BCUT2D eigenvalue weighted by Gasteiger charge is 2.33. The predicted octanol–water partition coefficient (Wildman–Crippen LogP) is 2.76. The molecule has 8 heteroatoms. The summed E-state index contributed by atoms with van der Waals surface area (Å²) in [5, 5.41) is 7.39. The molecule has 4 rings (SSSR count). The van der Waals surface area contributed by atoms with Crippen LogP contribution in [0.15, 0.2) is 22.8 Å². The quantitative estimate of drug-likeness (QED) is 0.781. The molecular formula is C16H16FN5O2. The Hall–Kier alpha value is -2.77. The lowest BCUT2D eigenvalue weighted by molar-refractivity contribution is 0.0589. The number of aromatic amines is 1. The highest BCUT2D eigenvalue weighted by atomic mass is 19.1. The Morgan fingerprint density at radius 2 is 2.25 bits per heavy atom. The number of carbonyl (C=O) groups is 1. The zero-order valence-electron chi connectivity index (χ0n) is 13.1. The summed E-state index contributed by atoms with van der Waals surface area (Å²) in [5.74, 6) is 0.126. The van der Waals surface area contributed by atoms with Crippen LogP contribution in [0.4, 0.5) is 4.39 Å². The summed E-state index contributed by atoms with van der Waals surface area (Å²) in [6, 6.07) is 4.22. The van der Waals surface area contributed by atoms with Crippen molar-refractivity contribution in [2.24, 2.45) is 0 Å². The third kappa shape index (κ3) is 2.44. The zero-order chi connectivity index (χ0) is 16.7. The normalized spacial score (nSPS) is 18.2. The van der Waals surface area contributed by atoms with Gasteiger partial charge in [-0.25, -0.2) is 14.0 Å². The van der Waals surface area contributed by atoms with Gasteiger partial charge in [-0.05, 0) is 49.5 Å². The minimum Gasteiger partial charge on any atom is -0.340 e. The van der Waals surface area contributed by atoms with Gasteiger partial charge in [0.2, 0.25) is 0 Å². The molecule has 1 amide bonds. The van der Waals surface area contributed by atoms with Crippen LogP contribution in [0, 0.1) is 12.7 Å². The second-order valence-electron chi connectivity index (χ2n) is 5.99. The highest BCUT2D eigenvalue weighted by Crippen LogP contribution is 2.31. The maximum absolute atomic E-state index is 13.4. The Kier molecular flexibility index (Phi) is 3.51. The number of amides is 1. The average Bonchev–Trinajstić information content (AvgIpc) is 3.19. The van der Waals surface area contributed by atoms with Crippen molar-refractivity contribution < 1.29 is 13.8 Å². The van der Waals surface area contributed by atoms with E-state index in [2.05, 4.69) is 24.9 Å². The second-order valence-corrected chi connectivity index (χ2v) is 5.99. The largest absolute Gasteiger partial charge is 0.340 e. The maximum atomic E-state index is 13.4. The van der Waals surface area contributed by atoms with E-state index >= 15 is 0 Å². The molecule has 0 aliphatic carbocycles. The van der Waals surface area contributed by atoms with Gasteiger partial charge in [0.1, 0.15) is 17.3 Å². The van der Waals surface area contributed by atoms with Gasteiger partial charge in [-0.15, -0.1) is 0 Å². The third-order valence-corrected chi connectivity index (χ3v) is 4.40. The van der Waals surface area contributed by atoms with Crippen molar-refractivity contribution in [1.29, 1.82) is 0 Å². The van der Waals surface area contributed by atoms with Crippen LogP contribution in [0.25, 0.3) is 11.0 Å². The molecule has 0 spiro atoms. The first-order valence-corrected chi connectivity index (χ1v) is 7.89. The number of H-pyrrole nitrogens is 1. The van der Waals surface area contributed by atoms with Gasteiger partial charge in [0.25, 0.3) is 5.91 Å². The Balaban J connectivity index is 1.70. The number of aromatic nitrogens is 4. The molecule has 2 aromatic heterocycles. The van der Waals surface area contributed by atoms with Gasteiger partial charge >= 0.3 is 0 Å². The lowest BCUT2D eigenvalue weighted by atomic mass is 10.0. The Morgan fingerprint density at radius 3 is 3.04 bits per heavy atom. The number of aryl methyl sites for hydroxylation is 1. The summed E-state index contributed by atoms with van der Waals surface area (Å²) in [6.45, 7) is 2.30. The topological polar surface area (TPSA) is 87.9 Å². The zero-order valence-corrected chi connectivity index (χ0v) is 13.1. The number of halogens is 1. The van der Waals surface area contributed by atoms with Crippen LogP contribution in [-0.4, -0.2) is 37.6 Å². The number of likely N-dealkylation sites (tertiary alicyclic amines) is 1. The number of carbonyl (C=O) groups excluding carboxylic acids is 1. The van der Waals surface area contributed by atoms with Crippen LogP contribution in [0.1, 0.15) is 47.3 Å². The van der Waals surface area contributed by atoms with Crippen molar-refractivity contribution >= 4 is 16.9 Å². The van der Waals surface area contributed by atoms with Crippen molar-refractivity contribution in [2.45, 2.75) is 32.2 Å². The van der Waals surface area contributed by atoms with E-state index in [1.54, 1.807) is 17.9 Å². The first-order chi connectivity index (χ1) is 11.6. The summed E-state index contributed by atoms with van der Waals surface area (Å²) < 4.78 is 18.0. The number of piperidine rings is 1. The maximum Gasteiger partial charge on any atom is 0.278 e. The van der Waals surface area contributed by atoms with Gasteiger partial charge < -0.3 is 9.88 Å². The van der Waals surface area contributed by atoms with Gasteiger partial charge in [0, 0.05) is 6.54 Å². The predicted molar refractivity (Wildman–Crippen MR) is 82.7 cm³/mol. The van der Waals surface area contributed by atoms with E-state index in [1.807, 2.05) is 0 Å². The van der Waals surface area contributed by atoms with E-state index in [0.29, 0.717) is 29.1 Å². The van der Waals surface area contributed by atoms with Crippen molar-refractivity contribution in [3.63, 3.8) is 0 Å². The summed E-state index contributed by atoms with van der Waals surface area (Å²) >= 11 is 0. The van der Waals surface area contributed by atoms with Gasteiger partial charge in [0.05, 0.1) is 17.1 Å². The Labute approximate surface area is 136 Å². The van der Waals surface area contributed by atoms with Crippen molar-refractivity contribution in [2.75, 3.05) is 6.54 Å². The van der Waals surface area contributed by atoms with Gasteiger partial charge in [-0.1, -0.05) is 5.16 Å². The number of hydrogen-bond acceptors (Lipinski definition) is 5. The van der Waals surface area contributed by atoms with E-state index in [4.69, 9.17) is 0 Å². The molecule has 1 N–H and O–H groups in total. The smallest absolute Gasteiger partial charge is 0.278 e. The fraction of sp³-hybridized carbons (Fsp3) is 0.375. The molecule has 24 heavy (non-hydrogen) atoms. The molecule has 3 heterocycles. The van der Waals surface area contributed by atoms with E-state index in [0.717, 1.165) is 19.3 Å². The first-order valence-electron chi connectivity index (χ1n) is 7.89. The number of hydrogen-bond donors (Lipinski definition) is 1. The summed E-state index contributed by atoms with van der Waals surface area (Å²) in [4.78, 5) is 22.2. The minimum atomic E-state index is -0.321. The van der Waals surface area contributed by atoms with Gasteiger partial charge in [0.15, 0.2) is 5.69 Å². The molecule has 0 bridgehead atoms. The molecular weight excluding hydrogens is 313 g/mol. The average molecular weight is 329 g/mol. The van der Waals surface area contributed by atoms with Crippen LogP contribution >= 0.6 is 0 Å². The summed E-state index contributed by atoms with van der Waals surface area (Å²) in [7, 11) is 0. The molecule has 7 nitrogen and oxygen atoms in total. The monoisotopic (exact) mass is 329 g/mol. The van der Waals surface area contributed by atoms with Crippen molar-refractivity contribution in [3.05, 3.63) is 41.2 Å². The summed E-state index contributed by atoms with van der Waals surface area (Å²) in [6.07, 6.45) is 2.70. The molecule has 3 aromatic rings. The van der Waals surface area contributed by atoms with Crippen molar-refractivity contribution in [1.82, 2.24) is 25.2 Å².